The number of nitrogens with one attached hydrogen (secondary N) is 2. The van der Waals surface area contributed by atoms with Crippen molar-refractivity contribution in [1.82, 2.24) is 20.5 Å². The van der Waals surface area contributed by atoms with E-state index < -0.39 is 47.6 Å². The fraction of sp³-hybridized carbons (Fsp3) is 0.571. The van der Waals surface area contributed by atoms with Gasteiger partial charge in [0.15, 0.2) is 0 Å². The first kappa shape index (κ1) is 34.8. The van der Waals surface area contributed by atoms with Gasteiger partial charge >= 0.3 is 12.1 Å². The molecule has 48 heavy (non-hydrogen) atoms. The first-order valence-corrected chi connectivity index (χ1v) is 16.7. The normalized spacial score (nSPS) is 24.1. The predicted molar refractivity (Wildman–Crippen MR) is 176 cm³/mol. The molecule has 5 rings (SSSR count). The SMILES string of the molecule is C=C(C)[C@H](NC(=O)OC1CCCC1)C(=O)N1C[C@H](Oc2cc(OCC)nc3c(C)c(OC)ccc23)C[C@H]1C(=O)N[C@]1(C(=O)O)C[C@H]1CC. The number of alkyl carbamates (subject to hydrolysis) is 1. The summed E-state index contributed by atoms with van der Waals surface area (Å²) in [6, 6.07) is 3.06. The summed E-state index contributed by atoms with van der Waals surface area (Å²) in [5.41, 5.74) is 0.371. The maximum absolute atomic E-state index is 14.2. The highest BCUT2D eigenvalue weighted by atomic mass is 16.6. The highest BCUT2D eigenvalue weighted by Gasteiger charge is 2.61. The molecule has 3 fully saturated rings. The monoisotopic (exact) mass is 666 g/mol. The van der Waals surface area contributed by atoms with Crippen LogP contribution in [-0.2, 0) is 19.1 Å². The van der Waals surface area contributed by atoms with Gasteiger partial charge in [0.25, 0.3) is 0 Å². The number of fused-ring (bicyclic) bond motifs is 1. The van der Waals surface area contributed by atoms with Crippen molar-refractivity contribution in [2.24, 2.45) is 5.92 Å². The Morgan fingerprint density at radius 1 is 1.15 bits per heavy atom. The van der Waals surface area contributed by atoms with Crippen molar-refractivity contribution in [2.45, 2.75) is 102 Å². The molecule has 0 bridgehead atoms. The van der Waals surface area contributed by atoms with Gasteiger partial charge in [0.2, 0.25) is 17.7 Å². The highest BCUT2D eigenvalue weighted by Crippen LogP contribution is 2.46. The van der Waals surface area contributed by atoms with E-state index in [-0.39, 0.29) is 25.0 Å². The molecule has 0 spiro atoms. The number of rotatable bonds is 13. The minimum absolute atomic E-state index is 0.0136. The molecule has 0 radical (unpaired) electrons. The molecule has 13 nitrogen and oxygen atoms in total. The summed E-state index contributed by atoms with van der Waals surface area (Å²) in [4.78, 5) is 59.1. The number of carboxylic acid groups (broad SMARTS) is 1. The van der Waals surface area contributed by atoms with Crippen LogP contribution in [0, 0.1) is 12.8 Å². The molecular formula is C35H46N4O9. The second kappa shape index (κ2) is 14.3. The van der Waals surface area contributed by atoms with Gasteiger partial charge in [-0.2, -0.15) is 0 Å². The van der Waals surface area contributed by atoms with Crippen LogP contribution in [0.1, 0.15) is 71.3 Å². The van der Waals surface area contributed by atoms with Crippen molar-refractivity contribution in [3.63, 3.8) is 0 Å². The minimum atomic E-state index is -1.39. The van der Waals surface area contributed by atoms with Crippen LogP contribution in [0.15, 0.2) is 30.4 Å². The molecule has 2 aliphatic carbocycles. The maximum Gasteiger partial charge on any atom is 0.408 e. The van der Waals surface area contributed by atoms with Gasteiger partial charge in [0.1, 0.15) is 41.3 Å². The van der Waals surface area contributed by atoms with Gasteiger partial charge in [-0.3, -0.25) is 9.59 Å². The number of aromatic nitrogens is 1. The van der Waals surface area contributed by atoms with E-state index in [2.05, 4.69) is 22.2 Å². The van der Waals surface area contributed by atoms with Crippen LogP contribution in [0.2, 0.25) is 0 Å². The fourth-order valence-corrected chi connectivity index (χ4v) is 6.92. The molecule has 5 atom stereocenters. The van der Waals surface area contributed by atoms with Crippen molar-refractivity contribution in [3.8, 4) is 17.4 Å². The Hall–Kier alpha value is -4.55. The molecule has 13 heteroatoms. The topological polar surface area (TPSA) is 166 Å². The molecule has 1 saturated heterocycles. The number of aryl methyl sites for hydroxylation is 1. The zero-order chi connectivity index (χ0) is 34.7. The van der Waals surface area contributed by atoms with Crippen LogP contribution < -0.4 is 24.8 Å². The second-order valence-electron chi connectivity index (χ2n) is 13.0. The number of nitrogens with zero attached hydrogens (tertiary/aromatic N) is 2. The summed E-state index contributed by atoms with van der Waals surface area (Å²) in [5, 5.41) is 16.1. The molecule has 1 aromatic carbocycles. The lowest BCUT2D eigenvalue weighted by Crippen LogP contribution is -2.56. The van der Waals surface area contributed by atoms with Crippen molar-refractivity contribution in [1.29, 1.82) is 0 Å². The largest absolute Gasteiger partial charge is 0.496 e. The van der Waals surface area contributed by atoms with Crippen LogP contribution in [0.25, 0.3) is 10.9 Å². The summed E-state index contributed by atoms with van der Waals surface area (Å²) in [5.74, 6) is -1.07. The lowest BCUT2D eigenvalue weighted by Gasteiger charge is -2.29. The number of amides is 3. The number of benzene rings is 1. The van der Waals surface area contributed by atoms with Crippen LogP contribution in [0.3, 0.4) is 0 Å². The Balaban J connectivity index is 1.44. The summed E-state index contributed by atoms with van der Waals surface area (Å²) in [6.45, 7) is 11.5. The zero-order valence-electron chi connectivity index (χ0n) is 28.3. The molecule has 2 heterocycles. The van der Waals surface area contributed by atoms with Gasteiger partial charge in [0.05, 0.1) is 25.8 Å². The molecule has 3 N–H and O–H groups in total. The number of carbonyl (C=O) groups excluding carboxylic acids is 3. The summed E-state index contributed by atoms with van der Waals surface area (Å²) >= 11 is 0. The number of aliphatic carboxylic acids is 1. The molecule has 1 aliphatic heterocycles. The molecule has 3 amide bonds. The van der Waals surface area contributed by atoms with Gasteiger partial charge in [-0.1, -0.05) is 19.9 Å². The number of likely N-dealkylation sites (tertiary alicyclic amines) is 1. The number of methoxy groups -OCH3 is 1. The first-order chi connectivity index (χ1) is 22.9. The maximum atomic E-state index is 14.2. The smallest absolute Gasteiger partial charge is 0.408 e. The Bertz CT molecular complexity index is 1590. The summed E-state index contributed by atoms with van der Waals surface area (Å²) < 4.78 is 23.3. The minimum Gasteiger partial charge on any atom is -0.496 e. The van der Waals surface area contributed by atoms with E-state index in [4.69, 9.17) is 18.9 Å². The van der Waals surface area contributed by atoms with Crippen molar-refractivity contribution < 1.29 is 43.2 Å². The Labute approximate surface area is 280 Å². The number of ether oxygens (including phenoxy) is 4. The van der Waals surface area contributed by atoms with Crippen molar-refractivity contribution in [2.75, 3.05) is 20.3 Å². The van der Waals surface area contributed by atoms with Crippen molar-refractivity contribution in [3.05, 3.63) is 35.9 Å². The van der Waals surface area contributed by atoms with Crippen LogP contribution in [-0.4, -0.2) is 89.0 Å². The molecule has 3 aliphatic rings. The Kier molecular flexibility index (Phi) is 10.4. The lowest BCUT2D eigenvalue weighted by molar-refractivity contribution is -0.145. The predicted octanol–water partition coefficient (Wildman–Crippen LogP) is 4.28. The number of pyridine rings is 1. The van der Waals surface area contributed by atoms with E-state index in [0.29, 0.717) is 53.3 Å². The van der Waals surface area contributed by atoms with E-state index in [1.165, 1.54) is 4.90 Å². The van der Waals surface area contributed by atoms with Gasteiger partial charge in [-0.05, 0) is 76.5 Å². The highest BCUT2D eigenvalue weighted by molar-refractivity contribution is 5.97. The van der Waals surface area contributed by atoms with Crippen LogP contribution in [0.4, 0.5) is 4.79 Å². The van der Waals surface area contributed by atoms with Gasteiger partial charge in [-0.15, -0.1) is 0 Å². The van der Waals surface area contributed by atoms with E-state index in [1.807, 2.05) is 32.9 Å². The molecule has 0 unspecified atom stereocenters. The average molecular weight is 667 g/mol. The third kappa shape index (κ3) is 7.00. The third-order valence-corrected chi connectivity index (χ3v) is 9.68. The number of carbonyl (C=O) groups is 4. The lowest BCUT2D eigenvalue weighted by atomic mass is 10.1. The number of hydrogen-bond donors (Lipinski definition) is 3. The van der Waals surface area contributed by atoms with Crippen LogP contribution in [0.5, 0.6) is 17.4 Å². The van der Waals surface area contributed by atoms with Gasteiger partial charge in [0, 0.05) is 23.4 Å². The number of carboxylic acids is 1. The third-order valence-electron chi connectivity index (χ3n) is 9.68. The van der Waals surface area contributed by atoms with Crippen LogP contribution >= 0.6 is 0 Å². The Morgan fingerprint density at radius 3 is 2.48 bits per heavy atom. The fourth-order valence-electron chi connectivity index (χ4n) is 6.92. The van der Waals surface area contributed by atoms with Gasteiger partial charge in [-0.25, -0.2) is 14.6 Å². The molecule has 260 valence electrons. The van der Waals surface area contributed by atoms with E-state index in [9.17, 15) is 24.3 Å². The number of hydrogen-bond acceptors (Lipinski definition) is 9. The van der Waals surface area contributed by atoms with Crippen molar-refractivity contribution >= 4 is 34.8 Å². The summed E-state index contributed by atoms with van der Waals surface area (Å²) in [6.07, 6.45) is 2.79. The van der Waals surface area contributed by atoms with Gasteiger partial charge < -0.3 is 39.6 Å². The summed E-state index contributed by atoms with van der Waals surface area (Å²) in [7, 11) is 1.58. The average Bonchev–Trinajstić information content (AvgIpc) is 3.32. The van der Waals surface area contributed by atoms with E-state index in [1.54, 1.807) is 20.1 Å². The molecule has 2 saturated carbocycles. The van der Waals surface area contributed by atoms with E-state index in [0.717, 1.165) is 31.2 Å². The molecule has 1 aromatic heterocycles. The van der Waals surface area contributed by atoms with E-state index >= 15 is 0 Å². The quantitative estimate of drug-likeness (QED) is 0.263. The zero-order valence-corrected chi connectivity index (χ0v) is 28.3. The molecule has 2 aromatic rings. The molecular weight excluding hydrogens is 620 g/mol. The Morgan fingerprint density at radius 2 is 1.88 bits per heavy atom. The standard InChI is InChI=1S/C35H46N4O9/c1-7-21-17-35(21,33(42)43)38-31(40)25-15-23(18-39(25)32(41)29(19(3)4)37-34(44)48-22-11-9-10-12-22)47-27-16-28(46-8-2)36-30-20(5)26(45-6)14-13-24(27)30/h13-14,16,21-23,25,29H,3,7-12,15,17-18H2,1-2,4-6H3,(H,37,44)(H,38,40)(H,42,43)/t21-,23-,25+,29+,35-/m1/s1. The first-order valence-electron chi connectivity index (χ1n) is 16.7. The second-order valence-corrected chi connectivity index (χ2v) is 13.0.